The zero-order valence-corrected chi connectivity index (χ0v) is 13.2. The van der Waals surface area contributed by atoms with Crippen molar-refractivity contribution in [1.82, 2.24) is 24.4 Å². The monoisotopic (exact) mass is 313 g/mol. The third kappa shape index (κ3) is 1.72. The molecule has 24 heavy (non-hydrogen) atoms. The minimum Gasteiger partial charge on any atom is -0.274 e. The van der Waals surface area contributed by atoms with Crippen LogP contribution >= 0.6 is 0 Å². The molecule has 0 spiro atoms. The van der Waals surface area contributed by atoms with Gasteiger partial charge in [-0.3, -0.25) is 9.08 Å². The van der Waals surface area contributed by atoms with Crippen LogP contribution in [0.1, 0.15) is 6.92 Å². The predicted molar refractivity (Wildman–Crippen MR) is 94.9 cm³/mol. The Kier molecular flexibility index (Phi) is 2.70. The van der Waals surface area contributed by atoms with Crippen LogP contribution in [0.25, 0.3) is 38.7 Å². The maximum absolute atomic E-state index is 4.48. The predicted octanol–water partition coefficient (Wildman–Crippen LogP) is 3.92. The van der Waals surface area contributed by atoms with E-state index in [4.69, 9.17) is 0 Å². The van der Waals surface area contributed by atoms with Gasteiger partial charge in [0.2, 0.25) is 0 Å². The molecular weight excluding hydrogens is 298 g/mol. The summed E-state index contributed by atoms with van der Waals surface area (Å²) in [5, 5.41) is 16.8. The number of benzene rings is 2. The molecule has 0 N–H and O–H groups in total. The van der Waals surface area contributed by atoms with Gasteiger partial charge < -0.3 is 0 Å². The molecule has 5 aromatic rings. The van der Waals surface area contributed by atoms with Crippen molar-refractivity contribution in [1.29, 1.82) is 0 Å². The van der Waals surface area contributed by atoms with Crippen LogP contribution in [0.4, 0.5) is 0 Å². The minimum absolute atomic E-state index is 0.826. The van der Waals surface area contributed by atoms with Crippen LogP contribution in [0.15, 0.2) is 60.9 Å². The first-order valence-corrected chi connectivity index (χ1v) is 8.04. The van der Waals surface area contributed by atoms with Crippen LogP contribution in [0.3, 0.4) is 0 Å². The molecule has 0 radical (unpaired) electrons. The van der Waals surface area contributed by atoms with Gasteiger partial charge in [0.05, 0.1) is 17.3 Å². The molecule has 0 saturated carbocycles. The summed E-state index contributed by atoms with van der Waals surface area (Å²) in [4.78, 5) is 0. The Morgan fingerprint density at radius 3 is 2.42 bits per heavy atom. The maximum atomic E-state index is 4.48. The fourth-order valence-corrected chi connectivity index (χ4v) is 3.34. The van der Waals surface area contributed by atoms with Crippen LogP contribution in [0.2, 0.25) is 0 Å². The molecule has 0 aliphatic rings. The number of rotatable bonds is 2. The first-order valence-electron chi connectivity index (χ1n) is 8.04. The van der Waals surface area contributed by atoms with Crippen molar-refractivity contribution in [2.24, 2.45) is 0 Å². The molecule has 0 aliphatic heterocycles. The normalized spacial score (nSPS) is 11.7. The van der Waals surface area contributed by atoms with Gasteiger partial charge in [0.15, 0.2) is 11.5 Å². The molecule has 3 heterocycles. The van der Waals surface area contributed by atoms with Gasteiger partial charge in [-0.2, -0.15) is 5.10 Å². The zero-order valence-electron chi connectivity index (χ0n) is 13.2. The van der Waals surface area contributed by atoms with Gasteiger partial charge in [-0.25, -0.2) is 0 Å². The standard InChI is InChI=1S/C19H15N5/c1-2-23-12-13(11-20-23)18-21-22-19-16-9-4-3-7-14(16)15-8-5-6-10-17(15)24(18)19/h3-12H,2H2,1H3. The number of aryl methyl sites for hydroxylation is 1. The zero-order chi connectivity index (χ0) is 16.1. The van der Waals surface area contributed by atoms with Crippen LogP contribution in [0, 0.1) is 0 Å². The highest BCUT2D eigenvalue weighted by atomic mass is 15.3. The van der Waals surface area contributed by atoms with E-state index in [0.29, 0.717) is 0 Å². The van der Waals surface area contributed by atoms with E-state index in [1.807, 2.05) is 23.1 Å². The van der Waals surface area contributed by atoms with Crippen molar-refractivity contribution >= 4 is 27.3 Å². The van der Waals surface area contributed by atoms with Crippen LogP contribution < -0.4 is 0 Å². The van der Waals surface area contributed by atoms with Crippen molar-refractivity contribution < 1.29 is 0 Å². The summed E-state index contributed by atoms with van der Waals surface area (Å²) in [6.07, 6.45) is 3.87. The number of pyridine rings is 1. The lowest BCUT2D eigenvalue weighted by molar-refractivity contribution is 0.660. The van der Waals surface area contributed by atoms with Crippen LogP contribution in [-0.2, 0) is 6.54 Å². The summed E-state index contributed by atoms with van der Waals surface area (Å²) in [5.41, 5.74) is 2.96. The van der Waals surface area contributed by atoms with Gasteiger partial charge in [0.1, 0.15) is 0 Å². The molecule has 0 saturated heterocycles. The van der Waals surface area contributed by atoms with Gasteiger partial charge >= 0.3 is 0 Å². The van der Waals surface area contributed by atoms with Gasteiger partial charge in [-0.1, -0.05) is 42.5 Å². The number of fused-ring (bicyclic) bond motifs is 6. The van der Waals surface area contributed by atoms with Gasteiger partial charge in [-0.05, 0) is 18.4 Å². The second-order valence-electron chi connectivity index (χ2n) is 5.83. The highest BCUT2D eigenvalue weighted by molar-refractivity contribution is 6.12. The molecule has 116 valence electrons. The Morgan fingerprint density at radius 1 is 0.875 bits per heavy atom. The van der Waals surface area contributed by atoms with E-state index in [2.05, 4.69) is 69.1 Å². The molecule has 0 amide bonds. The van der Waals surface area contributed by atoms with Crippen molar-refractivity contribution in [3.05, 3.63) is 60.9 Å². The summed E-state index contributed by atoms with van der Waals surface area (Å²) in [6.45, 7) is 2.90. The highest BCUT2D eigenvalue weighted by Crippen LogP contribution is 2.31. The molecule has 3 aromatic heterocycles. The average molecular weight is 313 g/mol. The van der Waals surface area contributed by atoms with Crippen LogP contribution in [0.5, 0.6) is 0 Å². The van der Waals surface area contributed by atoms with E-state index in [0.717, 1.165) is 34.5 Å². The van der Waals surface area contributed by atoms with E-state index in [-0.39, 0.29) is 0 Å². The third-order valence-corrected chi connectivity index (χ3v) is 4.48. The molecule has 0 fully saturated rings. The van der Waals surface area contributed by atoms with Crippen molar-refractivity contribution in [3.63, 3.8) is 0 Å². The number of hydrogen-bond acceptors (Lipinski definition) is 3. The van der Waals surface area contributed by atoms with Gasteiger partial charge in [0.25, 0.3) is 0 Å². The Labute approximate surface area is 138 Å². The third-order valence-electron chi connectivity index (χ3n) is 4.48. The summed E-state index contributed by atoms with van der Waals surface area (Å²) >= 11 is 0. The maximum Gasteiger partial charge on any atom is 0.172 e. The fourth-order valence-electron chi connectivity index (χ4n) is 3.34. The van der Waals surface area contributed by atoms with Gasteiger partial charge in [0, 0.05) is 23.5 Å². The fraction of sp³-hybridized carbons (Fsp3) is 0.105. The molecule has 0 atom stereocenters. The van der Waals surface area contributed by atoms with E-state index in [1.54, 1.807) is 0 Å². The quantitative estimate of drug-likeness (QED) is 0.464. The number of aromatic nitrogens is 5. The van der Waals surface area contributed by atoms with Crippen molar-refractivity contribution in [2.45, 2.75) is 13.5 Å². The number of nitrogens with zero attached hydrogens (tertiary/aromatic N) is 5. The van der Waals surface area contributed by atoms with Crippen LogP contribution in [-0.4, -0.2) is 24.4 Å². The minimum atomic E-state index is 0.826. The molecular formula is C19H15N5. The Morgan fingerprint density at radius 2 is 1.62 bits per heavy atom. The average Bonchev–Trinajstić information content (AvgIpc) is 3.29. The summed E-state index contributed by atoms with van der Waals surface area (Å²) in [5.74, 6) is 0.826. The molecule has 5 nitrogen and oxygen atoms in total. The number of para-hydroxylation sites is 1. The highest BCUT2D eigenvalue weighted by Gasteiger charge is 2.16. The van der Waals surface area contributed by atoms with Crippen molar-refractivity contribution in [3.8, 4) is 11.4 Å². The largest absolute Gasteiger partial charge is 0.274 e. The SMILES string of the molecule is CCn1cc(-c2nnc3c4ccccc4c4ccccc4n23)cn1. The Bertz CT molecular complexity index is 1200. The molecule has 0 unspecified atom stereocenters. The molecule has 5 rings (SSSR count). The first kappa shape index (κ1) is 13.2. The summed E-state index contributed by atoms with van der Waals surface area (Å²) in [6, 6.07) is 16.7. The lowest BCUT2D eigenvalue weighted by Crippen LogP contribution is -1.94. The first-order chi connectivity index (χ1) is 11.9. The molecule has 2 aromatic carbocycles. The second kappa shape index (κ2) is 4.89. The van der Waals surface area contributed by atoms with Gasteiger partial charge in [-0.15, -0.1) is 10.2 Å². The lowest BCUT2D eigenvalue weighted by atomic mass is 10.1. The summed E-state index contributed by atoms with van der Waals surface area (Å²) in [7, 11) is 0. The molecule has 5 heteroatoms. The molecule has 0 bridgehead atoms. The van der Waals surface area contributed by atoms with E-state index in [9.17, 15) is 0 Å². The lowest BCUT2D eigenvalue weighted by Gasteiger charge is -2.08. The smallest absolute Gasteiger partial charge is 0.172 e. The Hall–Kier alpha value is -3.21. The van der Waals surface area contributed by atoms with E-state index >= 15 is 0 Å². The Balaban J connectivity index is 1.98. The van der Waals surface area contributed by atoms with E-state index in [1.165, 1.54) is 10.8 Å². The molecule has 0 aliphatic carbocycles. The van der Waals surface area contributed by atoms with Crippen molar-refractivity contribution in [2.75, 3.05) is 0 Å². The summed E-state index contributed by atoms with van der Waals surface area (Å²) < 4.78 is 4.04. The number of hydrogen-bond donors (Lipinski definition) is 0. The van der Waals surface area contributed by atoms with E-state index < -0.39 is 0 Å². The second-order valence-corrected chi connectivity index (χ2v) is 5.83. The topological polar surface area (TPSA) is 48.0 Å².